The summed E-state index contributed by atoms with van der Waals surface area (Å²) in [5.41, 5.74) is 2.61. The van der Waals surface area contributed by atoms with Crippen molar-refractivity contribution in [1.82, 2.24) is 9.13 Å². The molecule has 0 amide bonds. The molecule has 8 heteroatoms. The Bertz CT molecular complexity index is 1330. The lowest BCUT2D eigenvalue weighted by Gasteiger charge is -2.07. The number of ether oxygens (including phenoxy) is 2. The van der Waals surface area contributed by atoms with Crippen molar-refractivity contribution >= 4 is 0 Å². The molecule has 0 saturated carbocycles. The lowest BCUT2D eigenvalue weighted by atomic mass is 10.1. The third-order valence-electron chi connectivity index (χ3n) is 10.2. The molecule has 0 atom stereocenters. The van der Waals surface area contributed by atoms with Gasteiger partial charge in [-0.1, -0.05) is 128 Å². The summed E-state index contributed by atoms with van der Waals surface area (Å²) in [7, 11) is 0. The first-order valence-corrected chi connectivity index (χ1v) is 21.2. The Morgan fingerprint density at radius 2 is 0.759 bits per heavy atom. The Labute approximate surface area is 350 Å². The van der Waals surface area contributed by atoms with Crippen LogP contribution in [-0.4, -0.2) is 22.3 Å². The second kappa shape index (κ2) is 30.6. The summed E-state index contributed by atoms with van der Waals surface area (Å²) in [6.07, 6.45) is 39.5. The molecule has 0 fully saturated rings. The molecule has 302 valence electrons. The van der Waals surface area contributed by atoms with Crippen molar-refractivity contribution in [2.45, 2.75) is 168 Å². The van der Waals surface area contributed by atoms with Crippen LogP contribution in [0.5, 0.6) is 11.5 Å². The number of halogens is 2. The monoisotopic (exact) mass is 870 g/mol. The molecule has 0 spiro atoms. The third kappa shape index (κ3) is 20.9. The number of unbranched alkanes of at least 4 members (excludes halogenated alkanes) is 17. The highest BCUT2D eigenvalue weighted by Gasteiger charge is 2.08. The van der Waals surface area contributed by atoms with Crippen molar-refractivity contribution in [2.24, 2.45) is 0 Å². The Kier molecular flexibility index (Phi) is 27.0. The van der Waals surface area contributed by atoms with E-state index < -0.39 is 0 Å². The van der Waals surface area contributed by atoms with Crippen LogP contribution in [-0.2, 0) is 26.2 Å². The fourth-order valence-corrected chi connectivity index (χ4v) is 6.93. The summed E-state index contributed by atoms with van der Waals surface area (Å²) < 4.78 is 21.2. The van der Waals surface area contributed by atoms with Gasteiger partial charge in [-0.3, -0.25) is 0 Å². The molecular formula is C46H72Br2N4O2. The van der Waals surface area contributed by atoms with Crippen molar-refractivity contribution in [2.75, 3.05) is 13.2 Å². The average molecular weight is 873 g/mol. The first-order valence-electron chi connectivity index (χ1n) is 21.2. The predicted octanol–water partition coefficient (Wildman–Crippen LogP) is 5.27. The zero-order chi connectivity index (χ0) is 36.3. The second-order valence-electron chi connectivity index (χ2n) is 15.0. The number of hydrogen-bond donors (Lipinski definition) is 0. The summed E-state index contributed by atoms with van der Waals surface area (Å²) in [6.45, 7) is 10.1. The summed E-state index contributed by atoms with van der Waals surface area (Å²) in [5, 5.41) is 0. The smallest absolute Gasteiger partial charge is 0.244 e. The zero-order valence-electron chi connectivity index (χ0n) is 33.8. The highest BCUT2D eigenvalue weighted by atomic mass is 79.9. The standard InChI is InChI=1S/C46H72N4O2.2BrH/c1-3-5-7-9-11-13-17-21-37-51-45-27-23-43(24-28-45)39-49-35-33-47(41-49)31-19-15-16-20-32-48-34-36-50(42-48)40-44-25-29-46(30-26-44)52-38-22-18-14-12-10-8-6-4-2;;/h23-30,33-36,41-42H,3-22,31-32,37-40H2,1-2H3;2*1H/q+2;;/p-2. The molecule has 0 saturated heterocycles. The van der Waals surface area contributed by atoms with Gasteiger partial charge in [0.05, 0.1) is 26.3 Å². The summed E-state index contributed by atoms with van der Waals surface area (Å²) in [5.74, 6) is 1.97. The van der Waals surface area contributed by atoms with E-state index >= 15 is 0 Å². The van der Waals surface area contributed by atoms with Crippen molar-refractivity contribution < 1.29 is 52.6 Å². The highest BCUT2D eigenvalue weighted by Crippen LogP contribution is 2.16. The maximum absolute atomic E-state index is 5.99. The van der Waals surface area contributed by atoms with Crippen molar-refractivity contribution in [1.29, 1.82) is 0 Å². The Balaban J connectivity index is 0.00000504. The molecule has 54 heavy (non-hydrogen) atoms. The molecule has 4 rings (SSSR count). The van der Waals surface area contributed by atoms with Crippen LogP contribution in [0.3, 0.4) is 0 Å². The zero-order valence-corrected chi connectivity index (χ0v) is 37.0. The van der Waals surface area contributed by atoms with Crippen LogP contribution in [0, 0.1) is 0 Å². The lowest BCUT2D eigenvalue weighted by Crippen LogP contribution is -3.00. The molecule has 2 heterocycles. The van der Waals surface area contributed by atoms with Crippen LogP contribution < -0.4 is 52.6 Å². The molecular weight excluding hydrogens is 800 g/mol. The van der Waals surface area contributed by atoms with Gasteiger partial charge in [0.2, 0.25) is 12.7 Å². The minimum absolute atomic E-state index is 0. The van der Waals surface area contributed by atoms with Gasteiger partial charge in [-0.05, 0) is 73.9 Å². The number of nitrogens with zero attached hydrogens (tertiary/aromatic N) is 4. The van der Waals surface area contributed by atoms with Crippen LogP contribution in [0.2, 0.25) is 0 Å². The highest BCUT2D eigenvalue weighted by molar-refractivity contribution is 5.27. The number of rotatable bonds is 31. The molecule has 2 aromatic carbocycles. The van der Waals surface area contributed by atoms with Crippen LogP contribution in [0.25, 0.3) is 0 Å². The van der Waals surface area contributed by atoms with Crippen LogP contribution >= 0.6 is 0 Å². The average Bonchev–Trinajstić information content (AvgIpc) is 3.82. The van der Waals surface area contributed by atoms with E-state index in [0.29, 0.717) is 0 Å². The molecule has 0 unspecified atom stereocenters. The maximum Gasteiger partial charge on any atom is 0.244 e. The van der Waals surface area contributed by atoms with Crippen molar-refractivity contribution in [3.63, 3.8) is 0 Å². The fraction of sp³-hybridized carbons (Fsp3) is 0.609. The Morgan fingerprint density at radius 3 is 1.13 bits per heavy atom. The van der Waals surface area contributed by atoms with Gasteiger partial charge in [-0.25, -0.2) is 18.3 Å². The van der Waals surface area contributed by atoms with Gasteiger partial charge in [0.15, 0.2) is 0 Å². The third-order valence-corrected chi connectivity index (χ3v) is 10.2. The lowest BCUT2D eigenvalue weighted by molar-refractivity contribution is -0.688. The topological polar surface area (TPSA) is 36.1 Å². The Hall–Kier alpha value is -2.58. The molecule has 0 aliphatic rings. The van der Waals surface area contributed by atoms with E-state index in [1.54, 1.807) is 0 Å². The molecule has 0 aliphatic carbocycles. The molecule has 6 nitrogen and oxygen atoms in total. The second-order valence-corrected chi connectivity index (χ2v) is 15.0. The van der Waals surface area contributed by atoms with Gasteiger partial charge in [0, 0.05) is 0 Å². The van der Waals surface area contributed by atoms with Crippen molar-refractivity contribution in [3.05, 3.63) is 97.1 Å². The Morgan fingerprint density at radius 1 is 0.426 bits per heavy atom. The number of hydrogen-bond acceptors (Lipinski definition) is 2. The summed E-state index contributed by atoms with van der Waals surface area (Å²) in [6, 6.07) is 17.3. The van der Waals surface area contributed by atoms with E-state index in [9.17, 15) is 0 Å². The molecule has 0 aliphatic heterocycles. The van der Waals surface area contributed by atoms with Crippen LogP contribution in [0.4, 0.5) is 0 Å². The van der Waals surface area contributed by atoms with Gasteiger partial charge in [0.1, 0.15) is 49.4 Å². The number of imidazole rings is 2. The SMILES string of the molecule is CCCCCCCCCCOc1ccc(C[n+]2ccn(CCCCCCn3cc[n+](Cc4ccc(OCCCCCCCCCC)cc4)c3)c2)cc1.[Br-].[Br-]. The van der Waals surface area contributed by atoms with Crippen LogP contribution in [0.15, 0.2) is 86.0 Å². The summed E-state index contributed by atoms with van der Waals surface area (Å²) >= 11 is 0. The first kappa shape index (κ1) is 47.6. The van der Waals surface area contributed by atoms with E-state index in [1.807, 2.05) is 0 Å². The maximum atomic E-state index is 5.99. The van der Waals surface area contributed by atoms with Gasteiger partial charge in [-0.2, -0.15) is 0 Å². The normalized spacial score (nSPS) is 10.9. The molecule has 0 bridgehead atoms. The van der Waals surface area contributed by atoms with Gasteiger partial charge >= 0.3 is 0 Å². The minimum atomic E-state index is 0. The number of aryl methyl sites for hydroxylation is 2. The van der Waals surface area contributed by atoms with E-state index in [-0.39, 0.29) is 34.0 Å². The van der Waals surface area contributed by atoms with Crippen molar-refractivity contribution in [3.8, 4) is 11.5 Å². The predicted molar refractivity (Wildman–Crippen MR) is 215 cm³/mol. The van der Waals surface area contributed by atoms with Gasteiger partial charge < -0.3 is 43.4 Å². The molecule has 0 radical (unpaired) electrons. The van der Waals surface area contributed by atoms with Gasteiger partial charge in [-0.15, -0.1) is 0 Å². The first-order chi connectivity index (χ1) is 25.7. The largest absolute Gasteiger partial charge is 1.00 e. The van der Waals surface area contributed by atoms with E-state index in [1.165, 1.54) is 127 Å². The number of benzene rings is 2. The minimum Gasteiger partial charge on any atom is -1.00 e. The van der Waals surface area contributed by atoms with Crippen LogP contribution in [0.1, 0.15) is 153 Å². The molecule has 2 aromatic heterocycles. The summed E-state index contributed by atoms with van der Waals surface area (Å²) in [4.78, 5) is 0. The van der Waals surface area contributed by atoms with E-state index in [0.717, 1.165) is 63.7 Å². The van der Waals surface area contributed by atoms with E-state index in [2.05, 4.69) is 118 Å². The molecule has 0 N–H and O–H groups in total. The van der Waals surface area contributed by atoms with Gasteiger partial charge in [0.25, 0.3) is 0 Å². The fourth-order valence-electron chi connectivity index (χ4n) is 6.93. The quantitative estimate of drug-likeness (QED) is 0.0512. The number of aromatic nitrogens is 4. The molecule has 4 aromatic rings. The van der Waals surface area contributed by atoms with E-state index in [4.69, 9.17) is 9.47 Å².